The smallest absolute Gasteiger partial charge is 0.0666 e. The van der Waals surface area contributed by atoms with Gasteiger partial charge in [0, 0.05) is 13.1 Å². The van der Waals surface area contributed by atoms with Crippen molar-refractivity contribution in [2.75, 3.05) is 19.3 Å². The highest BCUT2D eigenvalue weighted by molar-refractivity contribution is 6.78. The summed E-state index contributed by atoms with van der Waals surface area (Å²) in [5.41, 5.74) is 0. The monoisotopic (exact) mass is 155 g/mol. The van der Waals surface area contributed by atoms with Crippen LogP contribution in [0, 0.1) is 0 Å². The second-order valence-electron chi connectivity index (χ2n) is 3.93. The third-order valence-electron chi connectivity index (χ3n) is 1.89. The zero-order valence-electron chi connectivity index (χ0n) is 7.06. The average Bonchev–Trinajstić information content (AvgIpc) is 2.48. The average molecular weight is 155 g/mol. The van der Waals surface area contributed by atoms with E-state index in [9.17, 15) is 0 Å². The lowest BCUT2D eigenvalue weighted by Gasteiger charge is -2.20. The molecule has 0 amide bonds. The molecule has 0 aliphatic carbocycles. The van der Waals surface area contributed by atoms with Gasteiger partial charge in [0.25, 0.3) is 0 Å². The van der Waals surface area contributed by atoms with Crippen molar-refractivity contribution in [3.8, 4) is 0 Å². The summed E-state index contributed by atoms with van der Waals surface area (Å²) in [6, 6.07) is 1.27. The Morgan fingerprint density at radius 2 is 2.10 bits per heavy atom. The molecule has 0 unspecified atom stereocenters. The van der Waals surface area contributed by atoms with E-state index in [2.05, 4.69) is 30.6 Å². The summed E-state index contributed by atoms with van der Waals surface area (Å²) < 4.78 is 0. The summed E-state index contributed by atoms with van der Waals surface area (Å²) in [7, 11) is -0.896. The summed E-state index contributed by atoms with van der Waals surface area (Å²) in [5, 5.41) is 0. The van der Waals surface area contributed by atoms with Crippen LogP contribution in [0.3, 0.4) is 0 Å². The molecule has 1 heterocycles. The molecule has 0 radical (unpaired) electrons. The second kappa shape index (κ2) is 2.89. The van der Waals surface area contributed by atoms with Crippen LogP contribution in [0.25, 0.3) is 0 Å². The maximum Gasteiger partial charge on any atom is 0.0666 e. The molecule has 0 atom stereocenters. The lowest BCUT2D eigenvalue weighted by Crippen LogP contribution is -2.34. The Morgan fingerprint density at radius 3 is 2.50 bits per heavy atom. The van der Waals surface area contributed by atoms with Gasteiger partial charge in [-0.15, -0.1) is 6.58 Å². The van der Waals surface area contributed by atoms with Crippen molar-refractivity contribution in [3.05, 3.63) is 12.7 Å². The van der Waals surface area contributed by atoms with Gasteiger partial charge in [0.1, 0.15) is 0 Å². The van der Waals surface area contributed by atoms with Gasteiger partial charge in [0.15, 0.2) is 0 Å². The van der Waals surface area contributed by atoms with Crippen LogP contribution in [-0.4, -0.2) is 32.2 Å². The first kappa shape index (κ1) is 8.02. The highest BCUT2D eigenvalue weighted by Gasteiger charge is 2.27. The summed E-state index contributed by atoms with van der Waals surface area (Å²) in [6.07, 6.45) is 3.45. The predicted molar refractivity (Wildman–Crippen MR) is 48.9 cm³/mol. The van der Waals surface area contributed by atoms with Crippen LogP contribution in [-0.2, 0) is 0 Å². The Bertz CT molecular complexity index is 127. The lowest BCUT2D eigenvalue weighted by atomic mass is 10.8. The summed E-state index contributed by atoms with van der Waals surface area (Å²) in [4.78, 5) is 2.52. The first-order chi connectivity index (χ1) is 4.64. The van der Waals surface area contributed by atoms with Crippen LogP contribution in [0.5, 0.6) is 0 Å². The van der Waals surface area contributed by atoms with Gasteiger partial charge in [-0.1, -0.05) is 19.2 Å². The van der Waals surface area contributed by atoms with Crippen molar-refractivity contribution in [1.82, 2.24) is 4.90 Å². The lowest BCUT2D eigenvalue weighted by molar-refractivity contribution is 0.647. The highest BCUT2D eigenvalue weighted by Crippen LogP contribution is 2.15. The minimum Gasteiger partial charge on any atom is -0.304 e. The third-order valence-corrected chi connectivity index (χ3v) is 4.59. The van der Waals surface area contributed by atoms with Gasteiger partial charge in [-0.3, -0.25) is 0 Å². The fraction of sp³-hybridized carbons (Fsp3) is 0.750. The Labute approximate surface area is 64.7 Å². The molecule has 0 saturated carbocycles. The first-order valence-electron chi connectivity index (χ1n) is 3.97. The first-order valence-corrected chi connectivity index (χ1v) is 7.39. The third kappa shape index (κ3) is 2.67. The van der Waals surface area contributed by atoms with Crippen LogP contribution < -0.4 is 0 Å². The van der Waals surface area contributed by atoms with E-state index in [1.54, 1.807) is 0 Å². The summed E-state index contributed by atoms with van der Waals surface area (Å²) in [6.45, 7) is 11.3. The van der Waals surface area contributed by atoms with Crippen LogP contribution in [0.2, 0.25) is 19.1 Å². The van der Waals surface area contributed by atoms with E-state index >= 15 is 0 Å². The molecule has 0 N–H and O–H groups in total. The van der Waals surface area contributed by atoms with Gasteiger partial charge in [-0.05, 0) is 12.2 Å². The van der Waals surface area contributed by atoms with E-state index in [0.29, 0.717) is 0 Å². The van der Waals surface area contributed by atoms with Crippen LogP contribution in [0.4, 0.5) is 0 Å². The normalized spacial score (nSPS) is 19.0. The molecule has 1 nitrogen and oxygen atoms in total. The van der Waals surface area contributed by atoms with Gasteiger partial charge in [0.05, 0.1) is 8.07 Å². The van der Waals surface area contributed by atoms with Gasteiger partial charge < -0.3 is 4.90 Å². The van der Waals surface area contributed by atoms with E-state index in [1.165, 1.54) is 25.3 Å². The Balaban J connectivity index is 2.25. The maximum atomic E-state index is 3.79. The molecular formula is C8H17NSi. The van der Waals surface area contributed by atoms with Crippen molar-refractivity contribution in [2.45, 2.75) is 19.1 Å². The molecular weight excluding hydrogens is 138 g/mol. The van der Waals surface area contributed by atoms with Crippen molar-refractivity contribution >= 4 is 8.07 Å². The van der Waals surface area contributed by atoms with Crippen LogP contribution >= 0.6 is 0 Å². The van der Waals surface area contributed by atoms with Crippen LogP contribution in [0.1, 0.15) is 0 Å². The van der Waals surface area contributed by atoms with E-state index in [-0.39, 0.29) is 0 Å². The second-order valence-corrected chi connectivity index (χ2v) is 8.99. The largest absolute Gasteiger partial charge is 0.304 e. The quantitative estimate of drug-likeness (QED) is 0.339. The fourth-order valence-electron chi connectivity index (χ4n) is 1.29. The number of rotatable bonds is 4. The van der Waals surface area contributed by atoms with Crippen LogP contribution in [0.15, 0.2) is 12.7 Å². The number of hydrogen-bond acceptors (Lipinski definition) is 1. The van der Waals surface area contributed by atoms with E-state index < -0.39 is 8.07 Å². The van der Waals surface area contributed by atoms with Gasteiger partial charge in [-0.2, -0.15) is 0 Å². The molecule has 58 valence electrons. The van der Waals surface area contributed by atoms with Crippen molar-refractivity contribution in [3.63, 3.8) is 0 Å². The molecule has 0 bridgehead atoms. The standard InChI is InChI=1S/C8H17NSi/c1-4-7-10(2,3)8-9-5-6-9/h4H,1,5-8H2,2-3H3. The van der Waals surface area contributed by atoms with Crippen molar-refractivity contribution in [1.29, 1.82) is 0 Å². The Morgan fingerprint density at radius 1 is 1.50 bits per heavy atom. The molecule has 1 saturated heterocycles. The molecule has 1 rings (SSSR count). The molecule has 10 heavy (non-hydrogen) atoms. The topological polar surface area (TPSA) is 3.01 Å². The van der Waals surface area contributed by atoms with Gasteiger partial charge in [0.2, 0.25) is 0 Å². The molecule has 0 aromatic heterocycles. The fourth-order valence-corrected chi connectivity index (χ4v) is 3.73. The minimum absolute atomic E-state index is 0.896. The number of nitrogens with zero attached hydrogens (tertiary/aromatic N) is 1. The predicted octanol–water partition coefficient (Wildman–Crippen LogP) is 1.74. The Hall–Kier alpha value is -0.0831. The van der Waals surface area contributed by atoms with Gasteiger partial charge >= 0.3 is 0 Å². The molecule has 1 fully saturated rings. The minimum atomic E-state index is -0.896. The molecule has 0 aromatic rings. The number of hydrogen-bond donors (Lipinski definition) is 0. The SMILES string of the molecule is C=CC[Si](C)(C)CN1CC1. The maximum absolute atomic E-state index is 3.79. The van der Waals surface area contributed by atoms with E-state index in [0.717, 1.165) is 0 Å². The molecule has 1 aliphatic heterocycles. The summed E-state index contributed by atoms with van der Waals surface area (Å²) >= 11 is 0. The molecule has 2 heteroatoms. The summed E-state index contributed by atoms with van der Waals surface area (Å²) in [5.74, 6) is 0. The molecule has 0 aromatic carbocycles. The van der Waals surface area contributed by atoms with Crippen molar-refractivity contribution < 1.29 is 0 Å². The zero-order valence-corrected chi connectivity index (χ0v) is 8.06. The number of allylic oxidation sites excluding steroid dienone is 1. The van der Waals surface area contributed by atoms with Gasteiger partial charge in [-0.25, -0.2) is 0 Å². The Kier molecular flexibility index (Phi) is 2.31. The molecule has 1 aliphatic rings. The van der Waals surface area contributed by atoms with Crippen molar-refractivity contribution in [2.24, 2.45) is 0 Å². The van der Waals surface area contributed by atoms with E-state index in [1.807, 2.05) is 0 Å². The molecule has 0 spiro atoms. The van der Waals surface area contributed by atoms with E-state index in [4.69, 9.17) is 0 Å². The highest BCUT2D eigenvalue weighted by atomic mass is 28.3. The zero-order chi connectivity index (χ0) is 7.61.